The molecule has 0 radical (unpaired) electrons. The van der Waals surface area contributed by atoms with E-state index < -0.39 is 0 Å². The van der Waals surface area contributed by atoms with Crippen LogP contribution in [0.15, 0.2) is 12.2 Å². The lowest BCUT2D eigenvalue weighted by Gasteiger charge is -2.16. The highest BCUT2D eigenvalue weighted by Gasteiger charge is 2.53. The van der Waals surface area contributed by atoms with Crippen LogP contribution in [0.1, 0.15) is 19.8 Å². The summed E-state index contributed by atoms with van der Waals surface area (Å²) in [4.78, 5) is 0. The highest BCUT2D eigenvalue weighted by atomic mass is 16.7. The third kappa shape index (κ3) is 1.45. The fourth-order valence-electron chi connectivity index (χ4n) is 3.33. The average Bonchev–Trinajstić information content (AvgIpc) is 2.79. The molecule has 5 unspecified atom stereocenters. The summed E-state index contributed by atoms with van der Waals surface area (Å²) in [5.74, 6) is 1.11. The van der Waals surface area contributed by atoms with Crippen molar-refractivity contribution >= 4 is 0 Å². The van der Waals surface area contributed by atoms with E-state index in [-0.39, 0.29) is 6.29 Å². The molecule has 0 aromatic carbocycles. The molecule has 2 saturated heterocycles. The average molecular weight is 210 g/mol. The summed E-state index contributed by atoms with van der Waals surface area (Å²) in [5, 5.41) is 0. The third-order valence-corrected chi connectivity index (χ3v) is 3.90. The molecule has 5 atom stereocenters. The van der Waals surface area contributed by atoms with Gasteiger partial charge in [-0.1, -0.05) is 6.58 Å². The van der Waals surface area contributed by atoms with Crippen molar-refractivity contribution < 1.29 is 14.2 Å². The molecule has 2 aliphatic heterocycles. The SMILES string of the molecule is C=C1COC2CC3OC(OCC)CC3C12. The van der Waals surface area contributed by atoms with E-state index in [0.29, 0.717) is 24.0 Å². The van der Waals surface area contributed by atoms with Crippen LogP contribution in [-0.4, -0.2) is 31.7 Å². The molecule has 3 nitrogen and oxygen atoms in total. The summed E-state index contributed by atoms with van der Waals surface area (Å²) in [6.07, 6.45) is 2.77. The van der Waals surface area contributed by atoms with E-state index in [4.69, 9.17) is 14.2 Å². The number of fused-ring (bicyclic) bond motifs is 3. The predicted octanol–water partition coefficient (Wildman–Crippen LogP) is 1.73. The van der Waals surface area contributed by atoms with Crippen LogP contribution in [0.25, 0.3) is 0 Å². The maximum absolute atomic E-state index is 5.87. The molecule has 3 aliphatic rings. The molecule has 3 fully saturated rings. The van der Waals surface area contributed by atoms with Gasteiger partial charge in [-0.05, 0) is 18.4 Å². The van der Waals surface area contributed by atoms with Crippen molar-refractivity contribution in [1.29, 1.82) is 0 Å². The first-order valence-corrected chi connectivity index (χ1v) is 5.86. The largest absolute Gasteiger partial charge is 0.373 e. The Bertz CT molecular complexity index is 276. The van der Waals surface area contributed by atoms with Gasteiger partial charge in [0.15, 0.2) is 6.29 Å². The molecule has 1 aliphatic carbocycles. The summed E-state index contributed by atoms with van der Waals surface area (Å²) in [6, 6.07) is 0. The minimum Gasteiger partial charge on any atom is -0.373 e. The highest BCUT2D eigenvalue weighted by Crippen LogP contribution is 2.50. The molecule has 0 amide bonds. The summed E-state index contributed by atoms with van der Waals surface area (Å²) in [5.41, 5.74) is 1.26. The maximum Gasteiger partial charge on any atom is 0.158 e. The van der Waals surface area contributed by atoms with Crippen LogP contribution in [0.4, 0.5) is 0 Å². The second kappa shape index (κ2) is 3.58. The zero-order valence-corrected chi connectivity index (χ0v) is 9.15. The van der Waals surface area contributed by atoms with Crippen LogP contribution >= 0.6 is 0 Å². The van der Waals surface area contributed by atoms with E-state index in [1.165, 1.54) is 5.57 Å². The molecular formula is C12H18O3. The molecule has 0 spiro atoms. The maximum atomic E-state index is 5.87. The van der Waals surface area contributed by atoms with Crippen molar-refractivity contribution in [2.24, 2.45) is 11.8 Å². The predicted molar refractivity (Wildman–Crippen MR) is 55.4 cm³/mol. The quantitative estimate of drug-likeness (QED) is 0.650. The molecule has 3 heteroatoms. The second-order valence-corrected chi connectivity index (χ2v) is 4.73. The molecule has 15 heavy (non-hydrogen) atoms. The van der Waals surface area contributed by atoms with Gasteiger partial charge in [0.25, 0.3) is 0 Å². The first kappa shape index (κ1) is 9.82. The van der Waals surface area contributed by atoms with Crippen molar-refractivity contribution in [3.8, 4) is 0 Å². The normalized spacial score (nSPS) is 48.3. The van der Waals surface area contributed by atoms with Gasteiger partial charge >= 0.3 is 0 Å². The zero-order valence-electron chi connectivity index (χ0n) is 9.15. The van der Waals surface area contributed by atoms with Crippen LogP contribution in [-0.2, 0) is 14.2 Å². The van der Waals surface area contributed by atoms with Crippen LogP contribution in [0.3, 0.4) is 0 Å². The van der Waals surface area contributed by atoms with Gasteiger partial charge in [-0.15, -0.1) is 0 Å². The van der Waals surface area contributed by atoms with E-state index in [9.17, 15) is 0 Å². The van der Waals surface area contributed by atoms with Crippen LogP contribution in [0.2, 0.25) is 0 Å². The van der Waals surface area contributed by atoms with E-state index >= 15 is 0 Å². The Morgan fingerprint density at radius 3 is 3.07 bits per heavy atom. The topological polar surface area (TPSA) is 27.7 Å². The van der Waals surface area contributed by atoms with E-state index in [0.717, 1.165) is 26.1 Å². The van der Waals surface area contributed by atoms with Gasteiger partial charge in [-0.25, -0.2) is 0 Å². The number of hydrogen-bond donors (Lipinski definition) is 0. The Balaban J connectivity index is 1.71. The molecule has 0 N–H and O–H groups in total. The molecule has 0 aromatic rings. The Hall–Kier alpha value is -0.380. The molecule has 2 heterocycles. The molecule has 84 valence electrons. The van der Waals surface area contributed by atoms with Gasteiger partial charge in [0, 0.05) is 25.4 Å². The van der Waals surface area contributed by atoms with Gasteiger partial charge in [-0.2, -0.15) is 0 Å². The molecule has 3 rings (SSSR count). The van der Waals surface area contributed by atoms with Gasteiger partial charge in [-0.3, -0.25) is 0 Å². The molecule has 0 aromatic heterocycles. The minimum absolute atomic E-state index is 0.0133. The number of hydrogen-bond acceptors (Lipinski definition) is 3. The zero-order chi connectivity index (χ0) is 10.4. The van der Waals surface area contributed by atoms with Crippen LogP contribution < -0.4 is 0 Å². The lowest BCUT2D eigenvalue weighted by Crippen LogP contribution is -2.18. The lowest BCUT2D eigenvalue weighted by atomic mass is 9.88. The Morgan fingerprint density at radius 1 is 1.40 bits per heavy atom. The number of ether oxygens (including phenoxy) is 3. The first-order chi connectivity index (χ1) is 7.29. The summed E-state index contributed by atoms with van der Waals surface area (Å²) < 4.78 is 17.1. The van der Waals surface area contributed by atoms with Gasteiger partial charge < -0.3 is 14.2 Å². The molecule has 1 saturated carbocycles. The number of rotatable bonds is 2. The smallest absolute Gasteiger partial charge is 0.158 e. The van der Waals surface area contributed by atoms with Gasteiger partial charge in [0.05, 0.1) is 18.8 Å². The summed E-state index contributed by atoms with van der Waals surface area (Å²) in [7, 11) is 0. The van der Waals surface area contributed by atoms with Crippen molar-refractivity contribution in [1.82, 2.24) is 0 Å². The van der Waals surface area contributed by atoms with Crippen molar-refractivity contribution in [2.75, 3.05) is 13.2 Å². The molecular weight excluding hydrogens is 192 g/mol. The fourth-order valence-corrected chi connectivity index (χ4v) is 3.33. The van der Waals surface area contributed by atoms with Crippen molar-refractivity contribution in [3.05, 3.63) is 12.2 Å². The minimum atomic E-state index is 0.0133. The van der Waals surface area contributed by atoms with Crippen molar-refractivity contribution in [3.63, 3.8) is 0 Å². The summed E-state index contributed by atoms with van der Waals surface area (Å²) >= 11 is 0. The van der Waals surface area contributed by atoms with Crippen molar-refractivity contribution in [2.45, 2.75) is 38.3 Å². The monoisotopic (exact) mass is 210 g/mol. The third-order valence-electron chi connectivity index (χ3n) is 3.90. The van der Waals surface area contributed by atoms with E-state index in [1.54, 1.807) is 0 Å². The highest BCUT2D eigenvalue weighted by molar-refractivity contribution is 5.17. The summed E-state index contributed by atoms with van der Waals surface area (Å²) in [6.45, 7) is 7.60. The molecule has 0 bridgehead atoms. The second-order valence-electron chi connectivity index (χ2n) is 4.73. The van der Waals surface area contributed by atoms with Crippen LogP contribution in [0.5, 0.6) is 0 Å². The van der Waals surface area contributed by atoms with Gasteiger partial charge in [0.1, 0.15) is 0 Å². The van der Waals surface area contributed by atoms with Crippen LogP contribution in [0, 0.1) is 11.8 Å². The Labute approximate surface area is 90.4 Å². The first-order valence-electron chi connectivity index (χ1n) is 5.86. The fraction of sp³-hybridized carbons (Fsp3) is 0.833. The Morgan fingerprint density at radius 2 is 2.27 bits per heavy atom. The van der Waals surface area contributed by atoms with Gasteiger partial charge in [0.2, 0.25) is 0 Å². The standard InChI is InChI=1S/C12H18O3/c1-3-13-11-4-8-9(15-11)5-10-12(8)7(2)6-14-10/h8-12H,2-6H2,1H3. The van der Waals surface area contributed by atoms with E-state index in [2.05, 4.69) is 6.58 Å². The lowest BCUT2D eigenvalue weighted by molar-refractivity contribution is -0.134. The van der Waals surface area contributed by atoms with E-state index in [1.807, 2.05) is 6.92 Å². The Kier molecular flexibility index (Phi) is 2.34.